The fraction of sp³-hybridized carbons (Fsp3) is 0.391. The van der Waals surface area contributed by atoms with Crippen molar-refractivity contribution in [2.75, 3.05) is 32.8 Å². The number of thiazole rings is 1. The summed E-state index contributed by atoms with van der Waals surface area (Å²) in [4.78, 5) is 34.6. The van der Waals surface area contributed by atoms with E-state index in [-0.39, 0.29) is 36.8 Å². The SMILES string of the molecule is CCOC(=O)C1=C(CN2C[C@@H](F)[C@@H](OCC(=O)O)C2)NC(c2nccs2)=N[C@H]1c1ccc(F)cc1Cl. The smallest absolute Gasteiger partial charge is 0.338 e. The maximum absolute atomic E-state index is 14.6. The number of halogens is 3. The third-order valence-corrected chi connectivity index (χ3v) is 6.70. The summed E-state index contributed by atoms with van der Waals surface area (Å²) in [6, 6.07) is 2.88. The molecule has 0 aliphatic carbocycles. The highest BCUT2D eigenvalue weighted by Crippen LogP contribution is 2.37. The molecule has 0 bridgehead atoms. The number of hydrogen-bond donors (Lipinski definition) is 2. The van der Waals surface area contributed by atoms with Crippen LogP contribution in [-0.2, 0) is 19.1 Å². The van der Waals surface area contributed by atoms with E-state index >= 15 is 0 Å². The van der Waals surface area contributed by atoms with E-state index in [1.54, 1.807) is 23.4 Å². The van der Waals surface area contributed by atoms with Crippen LogP contribution in [0.15, 0.2) is 46.0 Å². The molecule has 13 heteroatoms. The number of esters is 1. The third kappa shape index (κ3) is 5.89. The van der Waals surface area contributed by atoms with Crippen LogP contribution in [0.25, 0.3) is 0 Å². The Balaban J connectivity index is 1.72. The van der Waals surface area contributed by atoms with Gasteiger partial charge in [0.05, 0.1) is 12.2 Å². The molecular formula is C23H23ClF2N4O5S. The molecule has 1 saturated heterocycles. The summed E-state index contributed by atoms with van der Waals surface area (Å²) < 4.78 is 38.9. The van der Waals surface area contributed by atoms with Crippen LogP contribution in [0.4, 0.5) is 8.78 Å². The summed E-state index contributed by atoms with van der Waals surface area (Å²) in [6.45, 7) is 1.32. The van der Waals surface area contributed by atoms with Crippen LogP contribution in [-0.4, -0.2) is 77.9 Å². The molecule has 2 N–H and O–H groups in total. The van der Waals surface area contributed by atoms with E-state index in [0.717, 1.165) is 6.07 Å². The number of carboxylic acid groups (broad SMARTS) is 1. The first-order valence-corrected chi connectivity index (χ1v) is 12.3. The molecule has 4 rings (SSSR count). The number of carboxylic acids is 1. The summed E-state index contributed by atoms with van der Waals surface area (Å²) >= 11 is 7.68. The van der Waals surface area contributed by atoms with Crippen LogP contribution in [0.5, 0.6) is 0 Å². The number of carbonyl (C=O) groups is 2. The Labute approximate surface area is 214 Å². The van der Waals surface area contributed by atoms with Crippen LogP contribution in [0.1, 0.15) is 23.5 Å². The van der Waals surface area contributed by atoms with Crippen molar-refractivity contribution in [3.8, 4) is 0 Å². The number of aliphatic imine (C=N–C) groups is 1. The Bertz CT molecular complexity index is 1190. The van der Waals surface area contributed by atoms with Gasteiger partial charge in [-0.1, -0.05) is 17.7 Å². The van der Waals surface area contributed by atoms with E-state index in [1.807, 2.05) is 0 Å². The van der Waals surface area contributed by atoms with Crippen molar-refractivity contribution in [2.45, 2.75) is 25.2 Å². The maximum Gasteiger partial charge on any atom is 0.338 e. The average molecular weight is 541 g/mol. The molecule has 2 aliphatic rings. The predicted molar refractivity (Wildman–Crippen MR) is 128 cm³/mol. The minimum absolute atomic E-state index is 0.0305. The van der Waals surface area contributed by atoms with Crippen molar-refractivity contribution in [2.24, 2.45) is 4.99 Å². The first-order valence-electron chi connectivity index (χ1n) is 11.1. The lowest BCUT2D eigenvalue weighted by atomic mass is 9.95. The normalized spacial score (nSPS) is 22.3. The minimum atomic E-state index is -1.41. The van der Waals surface area contributed by atoms with E-state index < -0.39 is 42.7 Å². The Hall–Kier alpha value is -2.93. The van der Waals surface area contributed by atoms with Gasteiger partial charge in [0.2, 0.25) is 0 Å². The van der Waals surface area contributed by atoms with Crippen molar-refractivity contribution >= 4 is 40.7 Å². The number of amidine groups is 1. The number of rotatable bonds is 9. The first kappa shape index (κ1) is 26.1. The van der Waals surface area contributed by atoms with Crippen molar-refractivity contribution in [3.05, 3.63) is 62.5 Å². The number of carbonyl (C=O) groups excluding carboxylic acids is 1. The number of aromatic nitrogens is 1. The number of nitrogens with one attached hydrogen (secondary N) is 1. The molecule has 3 atom stereocenters. The molecule has 9 nitrogen and oxygen atoms in total. The molecule has 0 spiro atoms. The highest BCUT2D eigenvalue weighted by atomic mass is 35.5. The zero-order valence-corrected chi connectivity index (χ0v) is 20.7. The second-order valence-electron chi connectivity index (χ2n) is 8.07. The standard InChI is InChI=1S/C23H23ClF2N4O5S/c1-2-34-23(33)19-16(9-30-8-15(26)17(10-30)35-11-18(31)32)28-21(22-27-5-6-36-22)29-20(19)13-4-3-12(25)7-14(13)24/h3-7,15,17,20H,2,8-11H2,1H3,(H,28,29)(H,31,32)/t15-,17+,20+/m1/s1. The lowest BCUT2D eigenvalue weighted by Crippen LogP contribution is -2.39. The molecule has 0 amide bonds. The van der Waals surface area contributed by atoms with Gasteiger partial charge in [-0.2, -0.15) is 0 Å². The van der Waals surface area contributed by atoms with Gasteiger partial charge in [0, 0.05) is 47.5 Å². The summed E-state index contributed by atoms with van der Waals surface area (Å²) in [5.41, 5.74) is 0.933. The Morgan fingerprint density at radius 2 is 2.17 bits per heavy atom. The average Bonchev–Trinajstić information content (AvgIpc) is 3.47. The lowest BCUT2D eigenvalue weighted by molar-refractivity contribution is -0.145. The molecule has 1 fully saturated rings. The largest absolute Gasteiger partial charge is 0.480 e. The summed E-state index contributed by atoms with van der Waals surface area (Å²) in [7, 11) is 0. The number of alkyl halides is 1. The zero-order chi connectivity index (χ0) is 25.8. The van der Waals surface area contributed by atoms with Crippen LogP contribution in [0, 0.1) is 5.82 Å². The molecule has 192 valence electrons. The molecule has 1 aromatic carbocycles. The van der Waals surface area contributed by atoms with Gasteiger partial charge in [-0.3, -0.25) is 9.89 Å². The molecule has 0 radical (unpaired) electrons. The van der Waals surface area contributed by atoms with E-state index in [9.17, 15) is 18.4 Å². The van der Waals surface area contributed by atoms with Crippen molar-refractivity contribution in [1.82, 2.24) is 15.2 Å². The maximum atomic E-state index is 14.6. The van der Waals surface area contributed by atoms with Gasteiger partial charge in [0.15, 0.2) is 10.8 Å². The number of benzene rings is 1. The second-order valence-corrected chi connectivity index (χ2v) is 9.38. The topological polar surface area (TPSA) is 113 Å². The highest BCUT2D eigenvalue weighted by molar-refractivity contribution is 7.11. The number of hydrogen-bond acceptors (Lipinski definition) is 9. The van der Waals surface area contributed by atoms with Gasteiger partial charge in [0.1, 0.15) is 30.7 Å². The molecular weight excluding hydrogens is 518 g/mol. The minimum Gasteiger partial charge on any atom is -0.480 e. The van der Waals surface area contributed by atoms with Gasteiger partial charge in [0.25, 0.3) is 0 Å². The summed E-state index contributed by atoms with van der Waals surface area (Å²) in [6.07, 6.45) is -0.729. The van der Waals surface area contributed by atoms with Gasteiger partial charge in [-0.25, -0.2) is 23.4 Å². The van der Waals surface area contributed by atoms with Crippen LogP contribution >= 0.6 is 22.9 Å². The second kappa shape index (κ2) is 11.4. The van der Waals surface area contributed by atoms with E-state index in [1.165, 1.54) is 23.5 Å². The van der Waals surface area contributed by atoms with Gasteiger partial charge in [-0.05, 0) is 19.1 Å². The Kier molecular flexibility index (Phi) is 8.29. The van der Waals surface area contributed by atoms with Gasteiger partial charge >= 0.3 is 11.9 Å². The fourth-order valence-electron chi connectivity index (χ4n) is 4.06. The first-order chi connectivity index (χ1) is 17.3. The van der Waals surface area contributed by atoms with E-state index in [0.29, 0.717) is 22.1 Å². The quantitative estimate of drug-likeness (QED) is 0.467. The van der Waals surface area contributed by atoms with Crippen molar-refractivity contribution in [3.63, 3.8) is 0 Å². The molecule has 2 aromatic rings. The highest BCUT2D eigenvalue weighted by Gasteiger charge is 2.38. The van der Waals surface area contributed by atoms with Gasteiger partial charge < -0.3 is 19.9 Å². The summed E-state index contributed by atoms with van der Waals surface area (Å²) in [5.74, 6) is -2.01. The Morgan fingerprint density at radius 3 is 2.83 bits per heavy atom. The predicted octanol–water partition coefficient (Wildman–Crippen LogP) is 2.97. The number of aliphatic carboxylic acids is 1. The Morgan fingerprint density at radius 1 is 1.36 bits per heavy atom. The van der Waals surface area contributed by atoms with E-state index in [2.05, 4.69) is 15.3 Å². The van der Waals surface area contributed by atoms with Gasteiger partial charge in [-0.15, -0.1) is 11.3 Å². The monoisotopic (exact) mass is 540 g/mol. The van der Waals surface area contributed by atoms with Crippen molar-refractivity contribution < 1.29 is 33.0 Å². The van der Waals surface area contributed by atoms with Crippen LogP contribution in [0.2, 0.25) is 5.02 Å². The molecule has 2 aliphatic heterocycles. The molecule has 1 aromatic heterocycles. The van der Waals surface area contributed by atoms with Crippen LogP contribution < -0.4 is 5.32 Å². The molecule has 0 unspecified atom stereocenters. The fourth-order valence-corrected chi connectivity index (χ4v) is 4.92. The van der Waals surface area contributed by atoms with E-state index in [4.69, 9.17) is 26.2 Å². The third-order valence-electron chi connectivity index (χ3n) is 5.59. The molecule has 36 heavy (non-hydrogen) atoms. The number of likely N-dealkylation sites (tertiary alicyclic amines) is 1. The lowest BCUT2D eigenvalue weighted by Gasteiger charge is -2.29. The summed E-state index contributed by atoms with van der Waals surface area (Å²) in [5, 5.41) is 14.4. The molecule has 3 heterocycles. The van der Waals surface area contributed by atoms with Crippen molar-refractivity contribution in [1.29, 1.82) is 0 Å². The number of ether oxygens (including phenoxy) is 2. The van der Waals surface area contributed by atoms with Crippen LogP contribution in [0.3, 0.4) is 0 Å². The number of nitrogens with zero attached hydrogens (tertiary/aromatic N) is 3. The zero-order valence-electron chi connectivity index (χ0n) is 19.1. The molecule has 0 saturated carbocycles.